The summed E-state index contributed by atoms with van der Waals surface area (Å²) < 4.78 is 31.1. The van der Waals surface area contributed by atoms with E-state index in [1.54, 1.807) is 17.5 Å². The van der Waals surface area contributed by atoms with E-state index in [0.29, 0.717) is 16.6 Å². The molecule has 29 heavy (non-hydrogen) atoms. The van der Waals surface area contributed by atoms with Crippen molar-refractivity contribution in [3.63, 3.8) is 0 Å². The summed E-state index contributed by atoms with van der Waals surface area (Å²) in [7, 11) is 0. The third kappa shape index (κ3) is 5.69. The Balaban J connectivity index is 1.51. The highest BCUT2D eigenvalue weighted by Gasteiger charge is 2.12. The fraction of sp³-hybridized carbons (Fsp3) is 0.0500. The van der Waals surface area contributed by atoms with Gasteiger partial charge >= 0.3 is 5.97 Å². The van der Waals surface area contributed by atoms with E-state index in [9.17, 15) is 23.2 Å². The molecule has 2 N–H and O–H groups in total. The summed E-state index contributed by atoms with van der Waals surface area (Å²) in [5, 5.41) is 6.71. The van der Waals surface area contributed by atoms with E-state index in [-0.39, 0.29) is 17.2 Å². The van der Waals surface area contributed by atoms with Crippen LogP contribution in [0.1, 0.15) is 20.0 Å². The van der Waals surface area contributed by atoms with E-state index in [2.05, 4.69) is 10.6 Å². The number of hydrogen-bond donors (Lipinski definition) is 2. The number of esters is 1. The van der Waals surface area contributed by atoms with Crippen molar-refractivity contribution in [2.75, 3.05) is 17.2 Å². The van der Waals surface area contributed by atoms with Crippen LogP contribution in [0.4, 0.5) is 20.2 Å². The largest absolute Gasteiger partial charge is 0.452 e. The van der Waals surface area contributed by atoms with Crippen molar-refractivity contribution in [3.8, 4) is 0 Å². The van der Waals surface area contributed by atoms with Crippen LogP contribution in [-0.4, -0.2) is 24.4 Å². The highest BCUT2D eigenvalue weighted by Crippen LogP contribution is 2.15. The van der Waals surface area contributed by atoms with Crippen LogP contribution < -0.4 is 10.6 Å². The summed E-state index contributed by atoms with van der Waals surface area (Å²) >= 11 is 1.30. The van der Waals surface area contributed by atoms with E-state index in [4.69, 9.17) is 4.74 Å². The van der Waals surface area contributed by atoms with Gasteiger partial charge in [-0.3, -0.25) is 9.59 Å². The SMILES string of the molecule is O=C(COC(=O)c1ccc(NC(=O)c2cccs2)cc1)Nc1cc(F)cc(F)c1. The number of amides is 2. The van der Waals surface area contributed by atoms with E-state index in [1.165, 1.54) is 35.6 Å². The summed E-state index contributed by atoms with van der Waals surface area (Å²) in [5.41, 5.74) is 0.573. The lowest BCUT2D eigenvalue weighted by molar-refractivity contribution is -0.119. The van der Waals surface area contributed by atoms with Crippen molar-refractivity contribution >= 4 is 40.5 Å². The predicted octanol–water partition coefficient (Wildman–Crippen LogP) is 4.07. The number of thiophene rings is 1. The summed E-state index contributed by atoms with van der Waals surface area (Å²) in [6, 6.07) is 11.9. The molecule has 1 aromatic heterocycles. The number of anilines is 2. The van der Waals surface area contributed by atoms with E-state index in [1.807, 2.05) is 0 Å². The van der Waals surface area contributed by atoms with Gasteiger partial charge in [-0.25, -0.2) is 13.6 Å². The lowest BCUT2D eigenvalue weighted by atomic mass is 10.2. The van der Waals surface area contributed by atoms with Crippen LogP contribution in [0.3, 0.4) is 0 Å². The van der Waals surface area contributed by atoms with Crippen LogP contribution in [0.15, 0.2) is 60.0 Å². The van der Waals surface area contributed by atoms with Crippen LogP contribution >= 0.6 is 11.3 Å². The molecule has 0 saturated carbocycles. The van der Waals surface area contributed by atoms with Gasteiger partial charge in [-0.2, -0.15) is 0 Å². The van der Waals surface area contributed by atoms with Crippen LogP contribution in [0, 0.1) is 11.6 Å². The quantitative estimate of drug-likeness (QED) is 0.593. The normalized spacial score (nSPS) is 10.3. The molecule has 0 spiro atoms. The molecule has 2 aromatic carbocycles. The monoisotopic (exact) mass is 416 g/mol. The average molecular weight is 416 g/mol. The molecule has 0 atom stereocenters. The van der Waals surface area contributed by atoms with E-state index < -0.39 is 30.1 Å². The molecule has 3 aromatic rings. The number of ether oxygens (including phenoxy) is 1. The lowest BCUT2D eigenvalue weighted by Gasteiger charge is -2.08. The minimum Gasteiger partial charge on any atom is -0.452 e. The molecule has 0 bridgehead atoms. The predicted molar refractivity (Wildman–Crippen MR) is 104 cm³/mol. The Kier molecular flexibility index (Phi) is 6.30. The second kappa shape index (κ2) is 9.07. The molecule has 3 rings (SSSR count). The highest BCUT2D eigenvalue weighted by molar-refractivity contribution is 7.12. The topological polar surface area (TPSA) is 84.5 Å². The second-order valence-corrected chi connectivity index (χ2v) is 6.74. The minimum atomic E-state index is -0.844. The first kappa shape index (κ1) is 20.2. The number of carbonyl (C=O) groups is 3. The second-order valence-electron chi connectivity index (χ2n) is 5.79. The maximum Gasteiger partial charge on any atom is 0.338 e. The van der Waals surface area contributed by atoms with Gasteiger partial charge in [-0.05, 0) is 47.8 Å². The van der Waals surface area contributed by atoms with Crippen molar-refractivity contribution in [1.29, 1.82) is 0 Å². The number of benzene rings is 2. The third-order valence-electron chi connectivity index (χ3n) is 3.60. The van der Waals surface area contributed by atoms with Crippen LogP contribution in [0.25, 0.3) is 0 Å². The summed E-state index contributed by atoms with van der Waals surface area (Å²) in [4.78, 5) is 36.3. The van der Waals surface area contributed by atoms with Gasteiger partial charge in [0, 0.05) is 17.4 Å². The molecule has 0 radical (unpaired) electrons. The average Bonchev–Trinajstić information content (AvgIpc) is 3.21. The molecule has 0 unspecified atom stereocenters. The standard InChI is InChI=1S/C20H14F2N2O4S/c21-13-8-14(22)10-16(9-13)23-18(25)11-28-20(27)12-3-5-15(6-4-12)24-19(26)17-2-1-7-29-17/h1-10H,11H2,(H,23,25)(H,24,26). The first-order valence-electron chi connectivity index (χ1n) is 8.29. The third-order valence-corrected chi connectivity index (χ3v) is 4.47. The Hall–Kier alpha value is -3.59. The van der Waals surface area contributed by atoms with Gasteiger partial charge in [-0.1, -0.05) is 6.07 Å². The number of nitrogens with one attached hydrogen (secondary N) is 2. The minimum absolute atomic E-state index is 0.0885. The molecule has 0 aliphatic heterocycles. The molecule has 9 heteroatoms. The van der Waals surface area contributed by atoms with Gasteiger partial charge in [0.05, 0.1) is 10.4 Å². The fourth-order valence-electron chi connectivity index (χ4n) is 2.33. The smallest absolute Gasteiger partial charge is 0.338 e. The zero-order valence-electron chi connectivity index (χ0n) is 14.8. The van der Waals surface area contributed by atoms with Gasteiger partial charge in [0.25, 0.3) is 11.8 Å². The van der Waals surface area contributed by atoms with Crippen molar-refractivity contribution in [1.82, 2.24) is 0 Å². The van der Waals surface area contributed by atoms with Gasteiger partial charge < -0.3 is 15.4 Å². The summed E-state index contributed by atoms with van der Waals surface area (Å²) in [6.07, 6.45) is 0. The number of rotatable bonds is 6. The van der Waals surface area contributed by atoms with Gasteiger partial charge in [0.15, 0.2) is 6.61 Å². The van der Waals surface area contributed by atoms with E-state index >= 15 is 0 Å². The Morgan fingerprint density at radius 1 is 0.897 bits per heavy atom. The first-order chi connectivity index (χ1) is 13.9. The Morgan fingerprint density at radius 2 is 1.59 bits per heavy atom. The molecule has 0 aliphatic rings. The zero-order chi connectivity index (χ0) is 20.8. The molecule has 148 valence electrons. The molecule has 0 fully saturated rings. The van der Waals surface area contributed by atoms with Crippen molar-refractivity contribution in [2.24, 2.45) is 0 Å². The van der Waals surface area contributed by atoms with Crippen LogP contribution in [0.2, 0.25) is 0 Å². The summed E-state index contributed by atoms with van der Waals surface area (Å²) in [5.74, 6) is -3.46. The Morgan fingerprint density at radius 3 is 2.21 bits per heavy atom. The molecular weight excluding hydrogens is 402 g/mol. The van der Waals surface area contributed by atoms with Crippen LogP contribution in [0.5, 0.6) is 0 Å². The van der Waals surface area contributed by atoms with Gasteiger partial charge in [0.1, 0.15) is 11.6 Å². The van der Waals surface area contributed by atoms with Crippen molar-refractivity contribution < 1.29 is 27.9 Å². The molecule has 2 amide bonds. The number of hydrogen-bond acceptors (Lipinski definition) is 5. The first-order valence-corrected chi connectivity index (χ1v) is 9.16. The summed E-state index contributed by atoms with van der Waals surface area (Å²) in [6.45, 7) is -0.631. The Bertz CT molecular complexity index is 1020. The van der Waals surface area contributed by atoms with Crippen molar-refractivity contribution in [3.05, 3.63) is 82.1 Å². The van der Waals surface area contributed by atoms with E-state index in [0.717, 1.165) is 12.1 Å². The van der Waals surface area contributed by atoms with Crippen molar-refractivity contribution in [2.45, 2.75) is 0 Å². The van der Waals surface area contributed by atoms with Gasteiger partial charge in [0.2, 0.25) is 0 Å². The maximum absolute atomic E-state index is 13.1. The molecular formula is C20H14F2N2O4S. The zero-order valence-corrected chi connectivity index (χ0v) is 15.6. The van der Waals surface area contributed by atoms with Gasteiger partial charge in [-0.15, -0.1) is 11.3 Å². The lowest BCUT2D eigenvalue weighted by Crippen LogP contribution is -2.21. The number of halogens is 2. The fourth-order valence-corrected chi connectivity index (χ4v) is 2.95. The number of carbonyl (C=O) groups excluding carboxylic acids is 3. The molecule has 0 aliphatic carbocycles. The molecule has 1 heterocycles. The maximum atomic E-state index is 13.1. The van der Waals surface area contributed by atoms with Crippen LogP contribution in [-0.2, 0) is 9.53 Å². The molecule has 6 nitrogen and oxygen atoms in total. The molecule has 0 saturated heterocycles. The highest BCUT2D eigenvalue weighted by atomic mass is 32.1. The Labute approximate surface area is 168 Å².